The lowest BCUT2D eigenvalue weighted by molar-refractivity contribution is 0.0263. The highest BCUT2D eigenvalue weighted by Gasteiger charge is 2.33. The van der Waals surface area contributed by atoms with Gasteiger partial charge in [0.05, 0.1) is 6.20 Å². The van der Waals surface area contributed by atoms with Crippen LogP contribution in [0.4, 0.5) is 0 Å². The second-order valence-electron chi connectivity index (χ2n) is 6.68. The standard InChI is InChI=1S/C19H24N4O/c1-14-4-6-17(7-5-14)13-22-11-15(2)23(16(3)12-22)19(24)18-10-20-8-9-21-18/h4-10,15-16H,11-13H2,1-3H3. The number of rotatable bonds is 3. The van der Waals surface area contributed by atoms with Gasteiger partial charge < -0.3 is 4.90 Å². The lowest BCUT2D eigenvalue weighted by Crippen LogP contribution is -2.58. The van der Waals surface area contributed by atoms with Crippen molar-refractivity contribution >= 4 is 5.91 Å². The van der Waals surface area contributed by atoms with Gasteiger partial charge in [-0.3, -0.25) is 14.7 Å². The number of aromatic nitrogens is 2. The molecule has 2 atom stereocenters. The van der Waals surface area contributed by atoms with Crippen LogP contribution in [-0.2, 0) is 6.54 Å². The van der Waals surface area contributed by atoms with Crippen LogP contribution in [0.3, 0.4) is 0 Å². The first-order valence-electron chi connectivity index (χ1n) is 8.41. The maximum absolute atomic E-state index is 12.7. The van der Waals surface area contributed by atoms with E-state index in [9.17, 15) is 4.79 Å². The van der Waals surface area contributed by atoms with E-state index in [2.05, 4.69) is 59.9 Å². The van der Waals surface area contributed by atoms with E-state index >= 15 is 0 Å². The number of piperazine rings is 1. The second kappa shape index (κ2) is 7.09. The molecular weight excluding hydrogens is 300 g/mol. The second-order valence-corrected chi connectivity index (χ2v) is 6.68. The third-order valence-electron chi connectivity index (χ3n) is 4.54. The normalized spacial score (nSPS) is 21.7. The van der Waals surface area contributed by atoms with Gasteiger partial charge in [-0.25, -0.2) is 4.98 Å². The number of nitrogens with zero attached hydrogens (tertiary/aromatic N) is 4. The number of hydrogen-bond donors (Lipinski definition) is 0. The van der Waals surface area contributed by atoms with Gasteiger partial charge in [0, 0.05) is 44.1 Å². The van der Waals surface area contributed by atoms with E-state index in [4.69, 9.17) is 0 Å². The molecule has 126 valence electrons. The zero-order valence-corrected chi connectivity index (χ0v) is 14.5. The first kappa shape index (κ1) is 16.6. The maximum atomic E-state index is 12.7. The number of hydrogen-bond acceptors (Lipinski definition) is 4. The third-order valence-corrected chi connectivity index (χ3v) is 4.54. The Morgan fingerprint density at radius 3 is 2.38 bits per heavy atom. The van der Waals surface area contributed by atoms with Gasteiger partial charge in [-0.1, -0.05) is 29.8 Å². The molecule has 2 aromatic rings. The zero-order valence-electron chi connectivity index (χ0n) is 14.5. The topological polar surface area (TPSA) is 49.3 Å². The van der Waals surface area contributed by atoms with E-state index in [1.165, 1.54) is 11.1 Å². The predicted octanol–water partition coefficient (Wildman–Crippen LogP) is 2.52. The van der Waals surface area contributed by atoms with Gasteiger partial charge in [-0.15, -0.1) is 0 Å². The molecule has 2 unspecified atom stereocenters. The van der Waals surface area contributed by atoms with Gasteiger partial charge in [-0.05, 0) is 26.3 Å². The molecule has 1 aromatic carbocycles. The van der Waals surface area contributed by atoms with Crippen molar-refractivity contribution in [3.63, 3.8) is 0 Å². The fraction of sp³-hybridized carbons (Fsp3) is 0.421. The van der Waals surface area contributed by atoms with Crippen LogP contribution >= 0.6 is 0 Å². The average molecular weight is 324 g/mol. The molecular formula is C19H24N4O. The molecule has 0 saturated carbocycles. The van der Waals surface area contributed by atoms with E-state index in [0.717, 1.165) is 19.6 Å². The van der Waals surface area contributed by atoms with Gasteiger partial charge in [0.15, 0.2) is 0 Å². The SMILES string of the molecule is Cc1ccc(CN2CC(C)N(C(=O)c3cnccn3)C(C)C2)cc1. The van der Waals surface area contributed by atoms with Crippen LogP contribution in [0.2, 0.25) is 0 Å². The number of amides is 1. The van der Waals surface area contributed by atoms with Crippen LogP contribution in [0.5, 0.6) is 0 Å². The average Bonchev–Trinajstić information content (AvgIpc) is 2.57. The minimum Gasteiger partial charge on any atom is -0.329 e. The molecule has 1 aliphatic rings. The van der Waals surface area contributed by atoms with Gasteiger partial charge in [0.25, 0.3) is 5.91 Å². The summed E-state index contributed by atoms with van der Waals surface area (Å²) in [6.07, 6.45) is 4.69. The van der Waals surface area contributed by atoms with Crippen molar-refractivity contribution in [1.29, 1.82) is 0 Å². The number of carbonyl (C=O) groups is 1. The molecule has 0 bridgehead atoms. The Hall–Kier alpha value is -2.27. The predicted molar refractivity (Wildman–Crippen MR) is 93.6 cm³/mol. The molecule has 5 nitrogen and oxygen atoms in total. The molecule has 1 aromatic heterocycles. The molecule has 1 aliphatic heterocycles. The lowest BCUT2D eigenvalue weighted by Gasteiger charge is -2.44. The minimum absolute atomic E-state index is 0.0296. The number of benzene rings is 1. The van der Waals surface area contributed by atoms with Crippen LogP contribution < -0.4 is 0 Å². The van der Waals surface area contributed by atoms with E-state index in [1.54, 1.807) is 18.6 Å². The largest absolute Gasteiger partial charge is 0.329 e. The van der Waals surface area contributed by atoms with Crippen LogP contribution in [0.1, 0.15) is 35.5 Å². The molecule has 1 fully saturated rings. The summed E-state index contributed by atoms with van der Waals surface area (Å²) in [7, 11) is 0. The maximum Gasteiger partial charge on any atom is 0.274 e. The van der Waals surface area contributed by atoms with Crippen molar-refractivity contribution < 1.29 is 4.79 Å². The summed E-state index contributed by atoms with van der Waals surface area (Å²) in [6, 6.07) is 8.96. The summed E-state index contributed by atoms with van der Waals surface area (Å²) in [4.78, 5) is 25.2. The van der Waals surface area contributed by atoms with Crippen LogP contribution in [0.25, 0.3) is 0 Å². The summed E-state index contributed by atoms with van der Waals surface area (Å²) >= 11 is 0. The van der Waals surface area contributed by atoms with E-state index in [-0.39, 0.29) is 18.0 Å². The van der Waals surface area contributed by atoms with Crippen molar-refractivity contribution in [2.75, 3.05) is 13.1 Å². The summed E-state index contributed by atoms with van der Waals surface area (Å²) in [6.45, 7) is 8.96. The van der Waals surface area contributed by atoms with Gasteiger partial charge >= 0.3 is 0 Å². The molecule has 0 radical (unpaired) electrons. The molecule has 1 saturated heterocycles. The van der Waals surface area contributed by atoms with Crippen LogP contribution in [0.15, 0.2) is 42.9 Å². The Morgan fingerprint density at radius 1 is 1.12 bits per heavy atom. The molecule has 24 heavy (non-hydrogen) atoms. The van der Waals surface area contributed by atoms with Gasteiger partial charge in [0.2, 0.25) is 0 Å². The Kier molecular flexibility index (Phi) is 4.90. The first-order valence-corrected chi connectivity index (χ1v) is 8.41. The summed E-state index contributed by atoms with van der Waals surface area (Å²) in [5, 5.41) is 0. The molecule has 0 aliphatic carbocycles. The Labute approximate surface area is 143 Å². The summed E-state index contributed by atoms with van der Waals surface area (Å²) < 4.78 is 0. The molecule has 3 rings (SSSR count). The number of carbonyl (C=O) groups excluding carboxylic acids is 1. The van der Waals surface area contributed by atoms with Crippen molar-refractivity contribution in [2.45, 2.75) is 39.4 Å². The molecule has 0 N–H and O–H groups in total. The third kappa shape index (κ3) is 3.62. The van der Waals surface area contributed by atoms with Crippen LogP contribution in [0, 0.1) is 6.92 Å². The van der Waals surface area contributed by atoms with Crippen molar-refractivity contribution in [1.82, 2.24) is 19.8 Å². The first-order chi connectivity index (χ1) is 11.5. The monoisotopic (exact) mass is 324 g/mol. The smallest absolute Gasteiger partial charge is 0.274 e. The highest BCUT2D eigenvalue weighted by Crippen LogP contribution is 2.20. The highest BCUT2D eigenvalue weighted by molar-refractivity contribution is 5.92. The summed E-state index contributed by atoms with van der Waals surface area (Å²) in [5.74, 6) is -0.0296. The molecule has 0 spiro atoms. The molecule has 5 heteroatoms. The van der Waals surface area contributed by atoms with E-state index in [0.29, 0.717) is 5.69 Å². The van der Waals surface area contributed by atoms with Crippen molar-refractivity contribution in [3.8, 4) is 0 Å². The van der Waals surface area contributed by atoms with E-state index in [1.807, 2.05) is 4.90 Å². The molecule has 1 amide bonds. The zero-order chi connectivity index (χ0) is 17.1. The Morgan fingerprint density at radius 2 is 1.79 bits per heavy atom. The number of aryl methyl sites for hydroxylation is 1. The van der Waals surface area contributed by atoms with Crippen LogP contribution in [-0.4, -0.2) is 50.8 Å². The lowest BCUT2D eigenvalue weighted by atomic mass is 10.1. The fourth-order valence-electron chi connectivity index (χ4n) is 3.46. The van der Waals surface area contributed by atoms with Gasteiger partial charge in [-0.2, -0.15) is 0 Å². The van der Waals surface area contributed by atoms with Crippen molar-refractivity contribution in [3.05, 3.63) is 59.7 Å². The highest BCUT2D eigenvalue weighted by atomic mass is 16.2. The Bertz CT molecular complexity index is 674. The van der Waals surface area contributed by atoms with E-state index < -0.39 is 0 Å². The summed E-state index contributed by atoms with van der Waals surface area (Å²) in [5.41, 5.74) is 3.01. The van der Waals surface area contributed by atoms with Gasteiger partial charge in [0.1, 0.15) is 5.69 Å². The minimum atomic E-state index is -0.0296. The van der Waals surface area contributed by atoms with Crippen molar-refractivity contribution in [2.24, 2.45) is 0 Å². The Balaban J connectivity index is 1.68. The molecule has 2 heterocycles. The fourth-order valence-corrected chi connectivity index (χ4v) is 3.46. The quantitative estimate of drug-likeness (QED) is 0.870.